The molecule has 6 rings (SSSR count). The minimum Gasteiger partial charge on any atom is -0.507 e. The third-order valence-electron chi connectivity index (χ3n) is 10.4. The molecule has 19 nitrogen and oxygen atoms in total. The highest BCUT2D eigenvalue weighted by atomic mass is 16.8. The van der Waals surface area contributed by atoms with Crippen LogP contribution < -0.4 is 19.6 Å². The van der Waals surface area contributed by atoms with Crippen molar-refractivity contribution in [3.05, 3.63) is 57.8 Å². The number of hydrogen-bond donors (Lipinski definition) is 10. The minimum absolute atomic E-state index is 0.0169. The van der Waals surface area contributed by atoms with E-state index in [1.165, 1.54) is 33.1 Å². The molecule has 3 fully saturated rings. The van der Waals surface area contributed by atoms with E-state index < -0.39 is 121 Å². The van der Waals surface area contributed by atoms with Gasteiger partial charge >= 0.3 is 0 Å². The summed E-state index contributed by atoms with van der Waals surface area (Å²) in [4.78, 5) is 14.7. The van der Waals surface area contributed by atoms with Gasteiger partial charge in [0.05, 0.1) is 25.9 Å². The van der Waals surface area contributed by atoms with Gasteiger partial charge in [-0.1, -0.05) is 11.6 Å². The van der Waals surface area contributed by atoms with Crippen molar-refractivity contribution in [2.45, 2.75) is 126 Å². The molecule has 3 aliphatic heterocycles. The minimum atomic E-state index is -1.83. The van der Waals surface area contributed by atoms with Crippen LogP contribution in [0.5, 0.6) is 23.0 Å². The second-order valence-electron chi connectivity index (χ2n) is 14.8. The second-order valence-corrected chi connectivity index (χ2v) is 14.8. The Morgan fingerprint density at radius 2 is 1.36 bits per heavy atom. The summed E-state index contributed by atoms with van der Waals surface area (Å²) < 4.78 is 46.9. The quantitative estimate of drug-likeness (QED) is 0.103. The summed E-state index contributed by atoms with van der Waals surface area (Å²) in [5.74, 6) is -1.22. The first-order chi connectivity index (χ1) is 27.5. The maximum absolute atomic E-state index is 14.7. The second kappa shape index (κ2) is 17.7. The zero-order valence-corrected chi connectivity index (χ0v) is 32.2. The number of benzene rings is 2. The molecule has 15 atom stereocenters. The highest BCUT2D eigenvalue weighted by Gasteiger charge is 2.51. The van der Waals surface area contributed by atoms with E-state index in [2.05, 4.69) is 0 Å². The number of aliphatic hydroxyl groups excluding tert-OH is 9. The lowest BCUT2D eigenvalue weighted by Gasteiger charge is -2.45. The van der Waals surface area contributed by atoms with Crippen molar-refractivity contribution in [3.8, 4) is 34.3 Å². The molecule has 320 valence electrons. The van der Waals surface area contributed by atoms with Gasteiger partial charge < -0.3 is 88.6 Å². The number of aromatic hydroxyl groups is 1. The van der Waals surface area contributed by atoms with Gasteiger partial charge in [0.15, 0.2) is 18.2 Å². The van der Waals surface area contributed by atoms with E-state index in [0.717, 1.165) is 11.6 Å². The van der Waals surface area contributed by atoms with Crippen molar-refractivity contribution in [3.63, 3.8) is 0 Å². The zero-order valence-electron chi connectivity index (χ0n) is 32.2. The molecule has 0 saturated carbocycles. The van der Waals surface area contributed by atoms with E-state index in [9.17, 15) is 55.9 Å². The molecule has 3 aromatic rings. The van der Waals surface area contributed by atoms with Crippen molar-refractivity contribution in [2.75, 3.05) is 13.7 Å². The molecule has 0 aliphatic carbocycles. The van der Waals surface area contributed by atoms with Crippen molar-refractivity contribution in [2.24, 2.45) is 0 Å². The number of ether oxygens (including phenoxy) is 7. The summed E-state index contributed by atoms with van der Waals surface area (Å²) >= 11 is 0. The summed E-state index contributed by atoms with van der Waals surface area (Å²) in [6, 6.07) is 7.27. The molecule has 1 aromatic heterocycles. The van der Waals surface area contributed by atoms with Crippen LogP contribution in [0.2, 0.25) is 0 Å². The molecule has 0 bridgehead atoms. The lowest BCUT2D eigenvalue weighted by atomic mass is 9.98. The standard InChI is InChI=1S/C39H50O19/c1-14(2)6-11-19-21(54-38-32(50)29(47)26(44)22(13-40)55-38)12-20(41)23-27(45)35(33(56-34(19)23)17-7-9-18(51-5)10-8-17)57-39-36(30(48)25(43)16(4)53-39)58-37-31(49)28(46)24(42)15(3)52-37/h6-10,12,15-16,22,24-26,28-32,36-44,46-50H,11,13H2,1-5H3/t15-,16-,22+,24-,25-,26+,28+,29-,30+,31+,32+,36+,37+,38-,39-/m0/s1. The topological polar surface area (TPSA) is 297 Å². The number of allylic oxidation sites excluding steroid dienone is 2. The number of fused-ring (bicyclic) bond motifs is 1. The number of phenolic OH excluding ortho intramolecular Hbond substituents is 1. The molecule has 10 N–H and O–H groups in total. The third kappa shape index (κ3) is 8.41. The molecule has 2 aromatic carbocycles. The molecule has 4 heterocycles. The van der Waals surface area contributed by atoms with Crippen LogP contribution in [-0.2, 0) is 25.4 Å². The Morgan fingerprint density at radius 1 is 0.759 bits per heavy atom. The third-order valence-corrected chi connectivity index (χ3v) is 10.4. The van der Waals surface area contributed by atoms with E-state index in [0.29, 0.717) is 5.75 Å². The van der Waals surface area contributed by atoms with Crippen molar-refractivity contribution in [1.82, 2.24) is 0 Å². The number of rotatable bonds is 11. The lowest BCUT2D eigenvalue weighted by Crippen LogP contribution is -2.63. The first-order valence-corrected chi connectivity index (χ1v) is 18.6. The Balaban J connectivity index is 1.50. The van der Waals surface area contributed by atoms with E-state index in [-0.39, 0.29) is 34.6 Å². The van der Waals surface area contributed by atoms with Gasteiger partial charge in [0, 0.05) is 17.2 Å². The van der Waals surface area contributed by atoms with Gasteiger partial charge in [-0.15, -0.1) is 0 Å². The normalized spacial score (nSPS) is 35.4. The molecule has 0 amide bonds. The zero-order chi connectivity index (χ0) is 42.3. The molecular weight excluding hydrogens is 772 g/mol. The summed E-state index contributed by atoms with van der Waals surface area (Å²) in [6.45, 7) is 5.71. The number of hydrogen-bond acceptors (Lipinski definition) is 19. The van der Waals surface area contributed by atoms with Crippen molar-refractivity contribution < 1.29 is 88.6 Å². The van der Waals surface area contributed by atoms with Crippen LogP contribution in [0.15, 0.2) is 51.2 Å². The van der Waals surface area contributed by atoms with Gasteiger partial charge in [0.2, 0.25) is 23.8 Å². The average Bonchev–Trinajstić information content (AvgIpc) is 3.20. The number of methoxy groups -OCH3 is 1. The molecule has 0 unspecified atom stereocenters. The largest absolute Gasteiger partial charge is 0.507 e. The van der Waals surface area contributed by atoms with E-state index >= 15 is 0 Å². The highest BCUT2D eigenvalue weighted by Crippen LogP contribution is 2.42. The fourth-order valence-corrected chi connectivity index (χ4v) is 6.93. The average molecular weight is 823 g/mol. The maximum atomic E-state index is 14.7. The highest BCUT2D eigenvalue weighted by molar-refractivity contribution is 5.91. The Morgan fingerprint density at radius 3 is 1.98 bits per heavy atom. The van der Waals surface area contributed by atoms with Crippen LogP contribution >= 0.6 is 0 Å². The van der Waals surface area contributed by atoms with Gasteiger partial charge in [0.25, 0.3) is 0 Å². The Labute approximate surface area is 331 Å². The fraction of sp³-hybridized carbons (Fsp3) is 0.564. The van der Waals surface area contributed by atoms with Crippen LogP contribution in [0.1, 0.15) is 33.3 Å². The molecular formula is C39H50O19. The van der Waals surface area contributed by atoms with Crippen molar-refractivity contribution in [1.29, 1.82) is 0 Å². The lowest BCUT2D eigenvalue weighted by molar-refractivity contribution is -0.352. The van der Waals surface area contributed by atoms with Crippen LogP contribution in [-0.4, -0.2) is 157 Å². The van der Waals surface area contributed by atoms with Gasteiger partial charge in [-0.25, -0.2) is 0 Å². The monoisotopic (exact) mass is 822 g/mol. The number of phenols is 1. The van der Waals surface area contributed by atoms with Crippen molar-refractivity contribution >= 4 is 11.0 Å². The summed E-state index contributed by atoms with van der Waals surface area (Å²) in [5.41, 5.74) is 0.0592. The molecule has 3 saturated heterocycles. The van der Waals surface area contributed by atoms with Crippen LogP contribution in [0.4, 0.5) is 0 Å². The Kier molecular flexibility index (Phi) is 13.3. The predicted molar refractivity (Wildman–Crippen MR) is 198 cm³/mol. The molecule has 0 spiro atoms. The Bertz CT molecular complexity index is 1980. The SMILES string of the molecule is COc1ccc(-c2oc3c(CC=C(C)C)c(O[C@H]4O[C@H](CO)[C@@H](O)[C@H](O)[C@H]4O)cc(O)c3c(=O)c2O[C@@H]2O[C@@H](C)[C@H](O)[C@@H](O)[C@H]2O[C@H]2O[C@@H](C)[C@H](O)[C@@H](O)[C@H]2O)cc1. The fourth-order valence-electron chi connectivity index (χ4n) is 6.93. The molecule has 58 heavy (non-hydrogen) atoms. The molecule has 19 heteroatoms. The summed E-state index contributed by atoms with van der Waals surface area (Å²) in [7, 11) is 1.45. The smallest absolute Gasteiger partial charge is 0.239 e. The summed E-state index contributed by atoms with van der Waals surface area (Å²) in [5, 5.41) is 106. The van der Waals surface area contributed by atoms with E-state index in [1.54, 1.807) is 18.2 Å². The first kappa shape index (κ1) is 43.6. The van der Waals surface area contributed by atoms with E-state index in [1.807, 2.05) is 13.8 Å². The van der Waals surface area contributed by atoms with Gasteiger partial charge in [0.1, 0.15) is 83.2 Å². The van der Waals surface area contributed by atoms with Gasteiger partial charge in [-0.05, 0) is 58.4 Å². The molecule has 0 radical (unpaired) electrons. The van der Waals surface area contributed by atoms with Crippen LogP contribution in [0.3, 0.4) is 0 Å². The molecule has 3 aliphatic rings. The maximum Gasteiger partial charge on any atom is 0.239 e. The number of aliphatic hydroxyl groups is 9. The Hall–Kier alpha value is -3.93. The van der Waals surface area contributed by atoms with E-state index in [4.69, 9.17) is 37.6 Å². The van der Waals surface area contributed by atoms with Crippen LogP contribution in [0.25, 0.3) is 22.3 Å². The predicted octanol–water partition coefficient (Wildman–Crippen LogP) is -1.08. The first-order valence-electron chi connectivity index (χ1n) is 18.6. The summed E-state index contributed by atoms with van der Waals surface area (Å²) in [6.07, 6.45) is -22.2. The van der Waals surface area contributed by atoms with Gasteiger partial charge in [-0.2, -0.15) is 0 Å². The van der Waals surface area contributed by atoms with Gasteiger partial charge in [-0.3, -0.25) is 4.79 Å². The van der Waals surface area contributed by atoms with Crippen LogP contribution in [0, 0.1) is 0 Å².